The number of amides is 1. The van der Waals surface area contributed by atoms with E-state index in [1.54, 1.807) is 32.4 Å². The molecule has 0 unspecified atom stereocenters. The van der Waals surface area contributed by atoms with E-state index in [1.165, 1.54) is 16.7 Å². The Labute approximate surface area is 133 Å². The number of nitrogens with zero attached hydrogens (tertiary/aromatic N) is 1. The quantitative estimate of drug-likeness (QED) is 0.473. The van der Waals surface area contributed by atoms with E-state index in [1.807, 2.05) is 12.1 Å². The summed E-state index contributed by atoms with van der Waals surface area (Å²) in [6.45, 7) is 4.06. The highest BCUT2D eigenvalue weighted by Gasteiger charge is 2.30. The van der Waals surface area contributed by atoms with Gasteiger partial charge in [-0.3, -0.25) is 9.69 Å². The zero-order valence-electron chi connectivity index (χ0n) is 11.8. The van der Waals surface area contributed by atoms with Crippen LogP contribution < -0.4 is 9.47 Å². The van der Waals surface area contributed by atoms with Gasteiger partial charge in [0.05, 0.1) is 19.1 Å². The highest BCUT2D eigenvalue weighted by atomic mass is 32.2. The summed E-state index contributed by atoms with van der Waals surface area (Å²) in [7, 11) is 3.16. The maximum atomic E-state index is 12.2. The van der Waals surface area contributed by atoms with Crippen molar-refractivity contribution in [2.24, 2.45) is 0 Å². The minimum absolute atomic E-state index is 0.0975. The number of hydrogen-bond acceptors (Lipinski definition) is 5. The summed E-state index contributed by atoms with van der Waals surface area (Å²) in [6, 6.07) is 5.48. The molecular weight excluding hydrogens is 306 g/mol. The Balaban J connectivity index is 2.30. The Hall–Kier alpha value is -1.79. The van der Waals surface area contributed by atoms with Crippen LogP contribution in [-0.2, 0) is 4.79 Å². The molecule has 110 valence electrons. The molecule has 1 heterocycles. The smallest absolute Gasteiger partial charge is 0.266 e. The van der Waals surface area contributed by atoms with Crippen LogP contribution in [0.5, 0.6) is 11.5 Å². The molecule has 0 N–H and O–H groups in total. The minimum Gasteiger partial charge on any atom is -0.493 e. The normalized spacial score (nSPS) is 16.5. The number of carbonyl (C=O) groups is 1. The summed E-state index contributed by atoms with van der Waals surface area (Å²) in [6.07, 6.45) is 3.45. The Bertz CT molecular complexity index is 625. The van der Waals surface area contributed by atoms with E-state index in [9.17, 15) is 4.79 Å². The fourth-order valence-corrected chi connectivity index (χ4v) is 3.16. The lowest BCUT2D eigenvalue weighted by molar-refractivity contribution is -0.121. The molecule has 4 nitrogen and oxygen atoms in total. The summed E-state index contributed by atoms with van der Waals surface area (Å²) in [4.78, 5) is 14.4. The summed E-state index contributed by atoms with van der Waals surface area (Å²) in [5, 5.41) is 0. The number of benzene rings is 1. The second-order valence-electron chi connectivity index (χ2n) is 4.20. The van der Waals surface area contributed by atoms with E-state index in [2.05, 4.69) is 6.58 Å². The molecule has 1 aliphatic rings. The molecule has 1 saturated heterocycles. The van der Waals surface area contributed by atoms with Crippen LogP contribution in [0.3, 0.4) is 0 Å². The molecule has 1 aromatic carbocycles. The zero-order valence-corrected chi connectivity index (χ0v) is 13.4. The fourth-order valence-electron chi connectivity index (χ4n) is 1.88. The van der Waals surface area contributed by atoms with E-state index < -0.39 is 0 Å². The van der Waals surface area contributed by atoms with Crippen molar-refractivity contribution in [1.82, 2.24) is 4.90 Å². The standard InChI is InChI=1S/C15H15NO3S2/c1-4-7-16-14(17)13(21-15(16)20)9-10-5-6-11(18-2)12(8-10)19-3/h4-6,8-9H,1,7H2,2-3H3. The Morgan fingerprint density at radius 2 is 2.05 bits per heavy atom. The third kappa shape index (κ3) is 3.28. The van der Waals surface area contributed by atoms with Crippen LogP contribution >= 0.6 is 24.0 Å². The van der Waals surface area contributed by atoms with Crippen molar-refractivity contribution in [1.29, 1.82) is 0 Å². The van der Waals surface area contributed by atoms with Crippen molar-refractivity contribution < 1.29 is 14.3 Å². The lowest BCUT2D eigenvalue weighted by Gasteiger charge is -2.10. The molecule has 21 heavy (non-hydrogen) atoms. The first-order valence-electron chi connectivity index (χ1n) is 6.19. The van der Waals surface area contributed by atoms with Crippen LogP contribution in [0, 0.1) is 0 Å². The molecule has 2 rings (SSSR count). The van der Waals surface area contributed by atoms with E-state index in [4.69, 9.17) is 21.7 Å². The summed E-state index contributed by atoms with van der Waals surface area (Å²) < 4.78 is 11.0. The number of ether oxygens (including phenoxy) is 2. The van der Waals surface area contributed by atoms with Crippen LogP contribution in [-0.4, -0.2) is 35.9 Å². The summed E-state index contributed by atoms with van der Waals surface area (Å²) in [5.74, 6) is 1.17. The van der Waals surface area contributed by atoms with Crippen molar-refractivity contribution in [2.45, 2.75) is 0 Å². The maximum Gasteiger partial charge on any atom is 0.266 e. The number of thiocarbonyl (C=S) groups is 1. The lowest BCUT2D eigenvalue weighted by atomic mass is 10.2. The molecule has 0 aromatic heterocycles. The Morgan fingerprint density at radius 1 is 1.33 bits per heavy atom. The number of rotatable bonds is 5. The van der Waals surface area contributed by atoms with Gasteiger partial charge < -0.3 is 9.47 Å². The van der Waals surface area contributed by atoms with E-state index in [0.717, 1.165) is 5.56 Å². The van der Waals surface area contributed by atoms with Gasteiger partial charge in [-0.1, -0.05) is 36.1 Å². The zero-order chi connectivity index (χ0) is 15.4. The van der Waals surface area contributed by atoms with Gasteiger partial charge in [-0.2, -0.15) is 0 Å². The predicted molar refractivity (Wildman–Crippen MR) is 89.6 cm³/mol. The van der Waals surface area contributed by atoms with Gasteiger partial charge >= 0.3 is 0 Å². The maximum absolute atomic E-state index is 12.2. The molecule has 1 aliphatic heterocycles. The number of thioether (sulfide) groups is 1. The molecule has 1 aromatic rings. The van der Waals surface area contributed by atoms with Crippen molar-refractivity contribution in [3.63, 3.8) is 0 Å². The largest absolute Gasteiger partial charge is 0.493 e. The van der Waals surface area contributed by atoms with Gasteiger partial charge in [-0.15, -0.1) is 6.58 Å². The highest BCUT2D eigenvalue weighted by molar-refractivity contribution is 8.26. The van der Waals surface area contributed by atoms with Crippen LogP contribution in [0.4, 0.5) is 0 Å². The molecule has 0 radical (unpaired) electrons. The van der Waals surface area contributed by atoms with Gasteiger partial charge in [0.25, 0.3) is 5.91 Å². The van der Waals surface area contributed by atoms with Gasteiger partial charge in [0, 0.05) is 6.54 Å². The third-order valence-electron chi connectivity index (χ3n) is 2.89. The van der Waals surface area contributed by atoms with Crippen molar-refractivity contribution in [2.75, 3.05) is 20.8 Å². The minimum atomic E-state index is -0.0975. The molecule has 0 saturated carbocycles. The molecule has 1 fully saturated rings. The third-order valence-corrected chi connectivity index (χ3v) is 4.27. The number of methoxy groups -OCH3 is 2. The first kappa shape index (κ1) is 15.6. The van der Waals surface area contributed by atoms with E-state index >= 15 is 0 Å². The SMILES string of the molecule is C=CCN1C(=O)C(=Cc2ccc(OC)c(OC)c2)SC1=S. The fraction of sp³-hybridized carbons (Fsp3) is 0.200. The molecule has 0 bridgehead atoms. The first-order chi connectivity index (χ1) is 10.1. The van der Waals surface area contributed by atoms with Gasteiger partial charge in [0.2, 0.25) is 0 Å². The second-order valence-corrected chi connectivity index (χ2v) is 5.87. The van der Waals surface area contributed by atoms with Crippen molar-refractivity contribution >= 4 is 40.3 Å². The van der Waals surface area contributed by atoms with Crippen LogP contribution in [0.2, 0.25) is 0 Å². The topological polar surface area (TPSA) is 38.8 Å². The average molecular weight is 321 g/mol. The molecule has 0 atom stereocenters. The first-order valence-corrected chi connectivity index (χ1v) is 7.41. The van der Waals surface area contributed by atoms with Crippen LogP contribution in [0.25, 0.3) is 6.08 Å². The van der Waals surface area contributed by atoms with Crippen molar-refractivity contribution in [3.8, 4) is 11.5 Å². The highest BCUT2D eigenvalue weighted by Crippen LogP contribution is 2.34. The van der Waals surface area contributed by atoms with Gasteiger partial charge in [-0.05, 0) is 23.8 Å². The molecule has 0 spiro atoms. The molecule has 1 amide bonds. The second kappa shape index (κ2) is 6.78. The van der Waals surface area contributed by atoms with E-state index in [-0.39, 0.29) is 5.91 Å². The van der Waals surface area contributed by atoms with Crippen LogP contribution in [0.15, 0.2) is 35.8 Å². The van der Waals surface area contributed by atoms with Gasteiger partial charge in [0.1, 0.15) is 4.32 Å². The lowest BCUT2D eigenvalue weighted by Crippen LogP contribution is -2.27. The Morgan fingerprint density at radius 3 is 2.67 bits per heavy atom. The van der Waals surface area contributed by atoms with Gasteiger partial charge in [0.15, 0.2) is 11.5 Å². The Kier molecular flexibility index (Phi) is 5.03. The van der Waals surface area contributed by atoms with Gasteiger partial charge in [-0.25, -0.2) is 0 Å². The molecular formula is C15H15NO3S2. The van der Waals surface area contributed by atoms with Crippen LogP contribution in [0.1, 0.15) is 5.56 Å². The van der Waals surface area contributed by atoms with E-state index in [0.29, 0.717) is 27.3 Å². The average Bonchev–Trinajstić information content (AvgIpc) is 2.75. The molecule has 6 heteroatoms. The number of carbonyl (C=O) groups excluding carboxylic acids is 1. The number of hydrogen-bond donors (Lipinski definition) is 0. The summed E-state index contributed by atoms with van der Waals surface area (Å²) in [5.41, 5.74) is 0.853. The molecule has 0 aliphatic carbocycles. The van der Waals surface area contributed by atoms with Crippen molar-refractivity contribution in [3.05, 3.63) is 41.3 Å². The summed E-state index contributed by atoms with van der Waals surface area (Å²) >= 11 is 6.49. The predicted octanol–water partition coefficient (Wildman–Crippen LogP) is 3.09. The monoisotopic (exact) mass is 321 g/mol.